The van der Waals surface area contributed by atoms with Crippen LogP contribution in [-0.4, -0.2) is 33.5 Å². The molecular formula is C20H30O4. The summed E-state index contributed by atoms with van der Waals surface area (Å²) in [5.74, 6) is -1.45. The summed E-state index contributed by atoms with van der Waals surface area (Å²) in [4.78, 5) is 12.5. The van der Waals surface area contributed by atoms with E-state index in [1.807, 2.05) is 13.0 Å². The van der Waals surface area contributed by atoms with Crippen molar-refractivity contribution in [3.05, 3.63) is 24.3 Å². The summed E-state index contributed by atoms with van der Waals surface area (Å²) in [5.41, 5.74) is -0.813. The number of carbonyl (C=O) groups is 1. The van der Waals surface area contributed by atoms with Crippen LogP contribution in [0.15, 0.2) is 24.3 Å². The summed E-state index contributed by atoms with van der Waals surface area (Å²) in [6, 6.07) is 0. The summed E-state index contributed by atoms with van der Waals surface area (Å²) in [5, 5.41) is 32.0. The second-order valence-electron chi connectivity index (χ2n) is 9.10. The molecule has 0 unspecified atom stereocenters. The quantitative estimate of drug-likeness (QED) is 0.678. The van der Waals surface area contributed by atoms with Gasteiger partial charge in [-0.1, -0.05) is 39.3 Å². The van der Waals surface area contributed by atoms with Gasteiger partial charge in [-0.25, -0.2) is 0 Å². The van der Waals surface area contributed by atoms with E-state index in [1.54, 1.807) is 6.08 Å². The van der Waals surface area contributed by atoms with Crippen molar-refractivity contribution < 1.29 is 20.1 Å². The van der Waals surface area contributed by atoms with Crippen molar-refractivity contribution in [3.63, 3.8) is 0 Å². The van der Waals surface area contributed by atoms with Crippen LogP contribution in [0.2, 0.25) is 0 Å². The Morgan fingerprint density at radius 2 is 1.96 bits per heavy atom. The van der Waals surface area contributed by atoms with Crippen molar-refractivity contribution in [2.75, 3.05) is 0 Å². The number of allylic oxidation sites excluding steroid dienone is 2. The minimum atomic E-state index is -0.977. The van der Waals surface area contributed by atoms with Crippen molar-refractivity contribution >= 4 is 5.97 Å². The van der Waals surface area contributed by atoms with Gasteiger partial charge in [-0.3, -0.25) is 4.79 Å². The van der Waals surface area contributed by atoms with E-state index < -0.39 is 34.9 Å². The molecule has 0 aliphatic heterocycles. The number of rotatable bonds is 2. The van der Waals surface area contributed by atoms with Crippen LogP contribution in [0, 0.1) is 28.1 Å². The highest BCUT2D eigenvalue weighted by atomic mass is 16.4. The first-order chi connectivity index (χ1) is 11.1. The first-order valence-electron chi connectivity index (χ1n) is 9.03. The zero-order chi connectivity index (χ0) is 17.9. The van der Waals surface area contributed by atoms with Crippen molar-refractivity contribution in [1.29, 1.82) is 0 Å². The van der Waals surface area contributed by atoms with Crippen LogP contribution >= 0.6 is 0 Å². The van der Waals surface area contributed by atoms with Crippen LogP contribution in [0.1, 0.15) is 52.9 Å². The molecule has 0 spiro atoms. The molecule has 0 heterocycles. The van der Waals surface area contributed by atoms with E-state index in [1.165, 1.54) is 0 Å². The lowest BCUT2D eigenvalue weighted by atomic mass is 9.44. The molecule has 0 amide bonds. The number of aliphatic hydroxyl groups is 2. The highest BCUT2D eigenvalue weighted by Gasteiger charge is 2.64. The molecule has 0 saturated heterocycles. The summed E-state index contributed by atoms with van der Waals surface area (Å²) in [6.07, 6.45) is 5.62. The fourth-order valence-corrected chi connectivity index (χ4v) is 5.94. The van der Waals surface area contributed by atoms with Gasteiger partial charge >= 0.3 is 5.97 Å². The average molecular weight is 334 g/mol. The van der Waals surface area contributed by atoms with Gasteiger partial charge in [0.25, 0.3) is 0 Å². The monoisotopic (exact) mass is 334 g/mol. The Kier molecular flexibility index (Phi) is 4.00. The lowest BCUT2D eigenvalue weighted by Crippen LogP contribution is -2.62. The number of hydrogen-bond acceptors (Lipinski definition) is 3. The summed E-state index contributed by atoms with van der Waals surface area (Å²) in [6.45, 7) is 10.1. The van der Waals surface area contributed by atoms with E-state index in [0.29, 0.717) is 24.8 Å². The molecule has 0 radical (unpaired) electrons. The Bertz CT molecular complexity index is 592. The van der Waals surface area contributed by atoms with E-state index in [4.69, 9.17) is 0 Å². The summed E-state index contributed by atoms with van der Waals surface area (Å²) < 4.78 is 0. The molecule has 3 rings (SSSR count). The zero-order valence-corrected chi connectivity index (χ0v) is 15.0. The molecule has 134 valence electrons. The maximum absolute atomic E-state index is 12.5. The maximum atomic E-state index is 12.5. The second kappa shape index (κ2) is 5.43. The number of aliphatic carboxylic acids is 1. The van der Waals surface area contributed by atoms with Crippen molar-refractivity contribution in [1.82, 2.24) is 0 Å². The van der Waals surface area contributed by atoms with Crippen molar-refractivity contribution in [2.45, 2.75) is 65.1 Å². The lowest BCUT2D eigenvalue weighted by Gasteiger charge is -2.60. The Morgan fingerprint density at radius 1 is 1.29 bits per heavy atom. The Balaban J connectivity index is 2.19. The van der Waals surface area contributed by atoms with Gasteiger partial charge in [0.05, 0.1) is 17.6 Å². The highest BCUT2D eigenvalue weighted by molar-refractivity contribution is 5.77. The molecule has 3 aliphatic carbocycles. The van der Waals surface area contributed by atoms with E-state index in [-0.39, 0.29) is 11.3 Å². The van der Waals surface area contributed by atoms with Gasteiger partial charge in [0.15, 0.2) is 0 Å². The molecule has 4 heteroatoms. The molecule has 24 heavy (non-hydrogen) atoms. The predicted octanol–water partition coefficient (Wildman–Crippen LogP) is 3.15. The smallest absolute Gasteiger partial charge is 0.310 e. The number of carboxylic acids is 1. The van der Waals surface area contributed by atoms with E-state index in [9.17, 15) is 20.1 Å². The van der Waals surface area contributed by atoms with Crippen LogP contribution in [-0.2, 0) is 4.79 Å². The minimum Gasteiger partial charge on any atom is -0.481 e. The van der Waals surface area contributed by atoms with Crippen LogP contribution in [0.5, 0.6) is 0 Å². The molecule has 0 aromatic rings. The minimum absolute atomic E-state index is 0.129. The largest absolute Gasteiger partial charge is 0.481 e. The number of aliphatic hydroxyl groups excluding tert-OH is 2. The highest BCUT2D eigenvalue weighted by Crippen LogP contribution is 2.64. The summed E-state index contributed by atoms with van der Waals surface area (Å²) in [7, 11) is 0. The molecule has 4 nitrogen and oxygen atoms in total. The van der Waals surface area contributed by atoms with E-state index >= 15 is 0 Å². The molecule has 2 fully saturated rings. The van der Waals surface area contributed by atoms with Gasteiger partial charge < -0.3 is 15.3 Å². The fraction of sp³-hybridized carbons (Fsp3) is 0.750. The fourth-order valence-electron chi connectivity index (χ4n) is 5.94. The van der Waals surface area contributed by atoms with Gasteiger partial charge in [0.2, 0.25) is 0 Å². The van der Waals surface area contributed by atoms with Crippen molar-refractivity contribution in [3.8, 4) is 0 Å². The van der Waals surface area contributed by atoms with Crippen LogP contribution < -0.4 is 0 Å². The Morgan fingerprint density at radius 3 is 2.54 bits per heavy atom. The van der Waals surface area contributed by atoms with Gasteiger partial charge in [-0.05, 0) is 42.6 Å². The molecule has 0 aromatic heterocycles. The molecule has 0 aromatic carbocycles. The normalized spacial score (nSPS) is 47.1. The van der Waals surface area contributed by atoms with Crippen molar-refractivity contribution in [2.24, 2.45) is 28.1 Å². The Labute approximate surface area is 144 Å². The summed E-state index contributed by atoms with van der Waals surface area (Å²) >= 11 is 0. The van der Waals surface area contributed by atoms with Crippen LogP contribution in [0.25, 0.3) is 0 Å². The van der Waals surface area contributed by atoms with E-state index in [2.05, 4.69) is 20.4 Å². The molecule has 3 aliphatic rings. The van der Waals surface area contributed by atoms with Crippen LogP contribution in [0.3, 0.4) is 0 Å². The number of hydrogen-bond donors (Lipinski definition) is 3. The molecule has 2 saturated carbocycles. The standard InChI is InChI=1S/C20H30O4/c1-5-19(4)10-12-13(21)9-15-18(2,3)7-6-8-20(15,17(23)24)16(12)14(22)11-19/h5,10,13-16,21-22H,1,6-9,11H2,2-4H3,(H,23,24)/t13-,14-,15-,16+,19+,20+/m0/s1. The third-order valence-corrected chi connectivity index (χ3v) is 7.13. The third-order valence-electron chi connectivity index (χ3n) is 7.13. The number of fused-ring (bicyclic) bond motifs is 3. The second-order valence-corrected chi connectivity index (χ2v) is 9.10. The molecule has 3 N–H and O–H groups in total. The first-order valence-corrected chi connectivity index (χ1v) is 9.03. The van der Waals surface area contributed by atoms with Gasteiger partial charge in [-0.15, -0.1) is 6.58 Å². The van der Waals surface area contributed by atoms with E-state index in [0.717, 1.165) is 12.8 Å². The third kappa shape index (κ3) is 2.30. The lowest BCUT2D eigenvalue weighted by molar-refractivity contribution is -0.184. The topological polar surface area (TPSA) is 77.8 Å². The zero-order valence-electron chi connectivity index (χ0n) is 15.0. The SMILES string of the molecule is C=C[C@]1(C)C=C2[C@H]([C@@H](O)C1)[C@@]1(C(=O)O)CCCC(C)(C)[C@@H]1C[C@@H]2O. The maximum Gasteiger partial charge on any atom is 0.310 e. The predicted molar refractivity (Wildman–Crippen MR) is 92.3 cm³/mol. The molecular weight excluding hydrogens is 304 g/mol. The van der Waals surface area contributed by atoms with Gasteiger partial charge in [0, 0.05) is 11.3 Å². The molecule has 6 atom stereocenters. The average Bonchev–Trinajstić information content (AvgIpc) is 2.48. The number of carboxylic acid groups (broad SMARTS) is 1. The van der Waals surface area contributed by atoms with Gasteiger partial charge in [0.1, 0.15) is 0 Å². The first kappa shape index (κ1) is 17.7. The van der Waals surface area contributed by atoms with Gasteiger partial charge in [-0.2, -0.15) is 0 Å². The Hall–Kier alpha value is -1.13. The van der Waals surface area contributed by atoms with Crippen LogP contribution in [0.4, 0.5) is 0 Å². The molecule has 0 bridgehead atoms.